The van der Waals surface area contributed by atoms with Crippen molar-refractivity contribution in [1.82, 2.24) is 9.97 Å². The van der Waals surface area contributed by atoms with Gasteiger partial charge in [0, 0.05) is 29.2 Å². The highest BCUT2D eigenvalue weighted by Gasteiger charge is 2.04. The Morgan fingerprint density at radius 2 is 2.00 bits per heavy atom. The van der Waals surface area contributed by atoms with Crippen LogP contribution >= 0.6 is 11.6 Å². The third-order valence-electron chi connectivity index (χ3n) is 2.11. The third-order valence-corrected chi connectivity index (χ3v) is 2.31. The lowest BCUT2D eigenvalue weighted by atomic mass is 10.1. The zero-order chi connectivity index (χ0) is 10.8. The van der Waals surface area contributed by atoms with Crippen molar-refractivity contribution in [2.24, 2.45) is 0 Å². The quantitative estimate of drug-likeness (QED) is 0.802. The second kappa shape index (κ2) is 3.87. The average molecular weight is 220 g/mol. The Hall–Kier alpha value is -1.61. The molecule has 0 amide bonds. The van der Waals surface area contributed by atoms with Gasteiger partial charge in [-0.25, -0.2) is 4.98 Å². The maximum Gasteiger partial charge on any atom is 0.131 e. The number of hydrogen-bond acceptors (Lipinski definition) is 3. The highest BCUT2D eigenvalue weighted by atomic mass is 35.5. The van der Waals surface area contributed by atoms with Gasteiger partial charge in [-0.15, -0.1) is 0 Å². The Labute approximate surface area is 92.9 Å². The van der Waals surface area contributed by atoms with E-state index in [4.69, 9.17) is 17.3 Å². The van der Waals surface area contributed by atoms with Gasteiger partial charge in [-0.3, -0.25) is 4.98 Å². The SMILES string of the molecule is Cc1ccc(-c2cc(Cl)cnc2N)cn1. The molecule has 0 aliphatic rings. The summed E-state index contributed by atoms with van der Waals surface area (Å²) in [4.78, 5) is 8.20. The summed E-state index contributed by atoms with van der Waals surface area (Å²) in [6.07, 6.45) is 3.29. The van der Waals surface area contributed by atoms with Gasteiger partial charge in [-0.05, 0) is 19.1 Å². The van der Waals surface area contributed by atoms with Gasteiger partial charge in [0.15, 0.2) is 0 Å². The second-order valence-electron chi connectivity index (χ2n) is 3.27. The molecule has 0 atom stereocenters. The summed E-state index contributed by atoms with van der Waals surface area (Å²) in [5.74, 6) is 0.463. The Balaban J connectivity index is 2.53. The van der Waals surface area contributed by atoms with Gasteiger partial charge in [-0.1, -0.05) is 17.7 Å². The first-order valence-electron chi connectivity index (χ1n) is 4.51. The van der Waals surface area contributed by atoms with Gasteiger partial charge in [0.2, 0.25) is 0 Å². The van der Waals surface area contributed by atoms with E-state index in [1.807, 2.05) is 19.1 Å². The monoisotopic (exact) mass is 219 g/mol. The van der Waals surface area contributed by atoms with Gasteiger partial charge in [0.1, 0.15) is 5.82 Å². The average Bonchev–Trinajstić information content (AvgIpc) is 2.23. The second-order valence-corrected chi connectivity index (χ2v) is 3.71. The van der Waals surface area contributed by atoms with Gasteiger partial charge < -0.3 is 5.73 Å². The molecule has 2 N–H and O–H groups in total. The molecule has 0 aromatic carbocycles. The number of aryl methyl sites for hydroxylation is 1. The van der Waals surface area contributed by atoms with Gasteiger partial charge in [0.05, 0.1) is 5.02 Å². The minimum absolute atomic E-state index is 0.463. The molecule has 2 rings (SSSR count). The zero-order valence-electron chi connectivity index (χ0n) is 8.24. The van der Waals surface area contributed by atoms with E-state index in [1.54, 1.807) is 12.3 Å². The number of anilines is 1. The maximum atomic E-state index is 5.86. The van der Waals surface area contributed by atoms with Gasteiger partial charge >= 0.3 is 0 Å². The molecule has 0 radical (unpaired) electrons. The Kier molecular flexibility index (Phi) is 2.56. The molecule has 15 heavy (non-hydrogen) atoms. The number of nitrogens with zero attached hydrogens (tertiary/aromatic N) is 2. The van der Waals surface area contributed by atoms with Crippen molar-refractivity contribution in [2.75, 3.05) is 5.73 Å². The van der Waals surface area contributed by atoms with Crippen LogP contribution in [0, 0.1) is 6.92 Å². The van der Waals surface area contributed by atoms with Crippen LogP contribution in [0.2, 0.25) is 5.02 Å². The molecule has 0 aliphatic heterocycles. The summed E-state index contributed by atoms with van der Waals surface area (Å²) in [7, 11) is 0. The van der Waals surface area contributed by atoms with Crippen LogP contribution in [0.25, 0.3) is 11.1 Å². The molecule has 0 saturated carbocycles. The number of pyridine rings is 2. The van der Waals surface area contributed by atoms with Crippen molar-refractivity contribution in [3.05, 3.63) is 41.3 Å². The lowest BCUT2D eigenvalue weighted by Gasteiger charge is -2.05. The van der Waals surface area contributed by atoms with Crippen molar-refractivity contribution < 1.29 is 0 Å². The largest absolute Gasteiger partial charge is 0.383 e. The molecule has 4 heteroatoms. The fourth-order valence-electron chi connectivity index (χ4n) is 1.31. The Morgan fingerprint density at radius 3 is 2.67 bits per heavy atom. The van der Waals surface area contributed by atoms with Crippen molar-refractivity contribution in [1.29, 1.82) is 0 Å². The maximum absolute atomic E-state index is 5.86. The van der Waals surface area contributed by atoms with Crippen LogP contribution in [0.3, 0.4) is 0 Å². The number of nitrogen functional groups attached to an aromatic ring is 1. The van der Waals surface area contributed by atoms with Crippen LogP contribution in [0.4, 0.5) is 5.82 Å². The molecule has 0 bridgehead atoms. The van der Waals surface area contributed by atoms with E-state index < -0.39 is 0 Å². The fraction of sp³-hybridized carbons (Fsp3) is 0.0909. The molecule has 0 fully saturated rings. The number of aromatic nitrogens is 2. The predicted octanol–water partition coefficient (Wildman–Crippen LogP) is 2.69. The van der Waals surface area contributed by atoms with Gasteiger partial charge in [0.25, 0.3) is 0 Å². The Morgan fingerprint density at radius 1 is 1.20 bits per heavy atom. The number of hydrogen-bond donors (Lipinski definition) is 1. The highest BCUT2D eigenvalue weighted by molar-refractivity contribution is 6.30. The zero-order valence-corrected chi connectivity index (χ0v) is 8.99. The number of halogens is 1. The molecule has 76 valence electrons. The summed E-state index contributed by atoms with van der Waals surface area (Å²) in [6, 6.07) is 5.66. The van der Waals surface area contributed by atoms with Crippen LogP contribution in [-0.2, 0) is 0 Å². The van der Waals surface area contributed by atoms with Gasteiger partial charge in [-0.2, -0.15) is 0 Å². The molecule has 3 nitrogen and oxygen atoms in total. The topological polar surface area (TPSA) is 51.8 Å². The summed E-state index contributed by atoms with van der Waals surface area (Å²) >= 11 is 5.86. The minimum atomic E-state index is 0.463. The lowest BCUT2D eigenvalue weighted by molar-refractivity contribution is 1.20. The van der Waals surface area contributed by atoms with Crippen molar-refractivity contribution in [2.45, 2.75) is 6.92 Å². The number of nitrogens with two attached hydrogens (primary N) is 1. The fourth-order valence-corrected chi connectivity index (χ4v) is 1.47. The molecule has 0 spiro atoms. The van der Waals surface area contributed by atoms with Crippen LogP contribution in [-0.4, -0.2) is 9.97 Å². The Bertz CT molecular complexity index is 480. The van der Waals surface area contributed by atoms with E-state index in [0.717, 1.165) is 16.8 Å². The molecular formula is C11H10ClN3. The van der Waals surface area contributed by atoms with E-state index in [2.05, 4.69) is 9.97 Å². The molecule has 2 heterocycles. The molecular weight excluding hydrogens is 210 g/mol. The summed E-state index contributed by atoms with van der Waals surface area (Å²) < 4.78 is 0. The van der Waals surface area contributed by atoms with E-state index >= 15 is 0 Å². The van der Waals surface area contributed by atoms with Crippen molar-refractivity contribution >= 4 is 17.4 Å². The molecule has 0 aliphatic carbocycles. The highest BCUT2D eigenvalue weighted by Crippen LogP contribution is 2.26. The van der Waals surface area contributed by atoms with E-state index in [9.17, 15) is 0 Å². The van der Waals surface area contributed by atoms with Crippen molar-refractivity contribution in [3.8, 4) is 11.1 Å². The third kappa shape index (κ3) is 2.07. The molecule has 2 aromatic heterocycles. The molecule has 0 saturated heterocycles. The first kappa shape index (κ1) is 9.93. The predicted molar refractivity (Wildman–Crippen MR) is 61.6 cm³/mol. The lowest BCUT2D eigenvalue weighted by Crippen LogP contribution is -1.94. The molecule has 2 aromatic rings. The summed E-state index contributed by atoms with van der Waals surface area (Å²) in [6.45, 7) is 1.93. The summed E-state index contributed by atoms with van der Waals surface area (Å²) in [5.41, 5.74) is 8.47. The molecule has 0 unspecified atom stereocenters. The normalized spacial score (nSPS) is 10.3. The minimum Gasteiger partial charge on any atom is -0.383 e. The first-order chi connectivity index (χ1) is 7.16. The number of rotatable bonds is 1. The van der Waals surface area contributed by atoms with Crippen LogP contribution in [0.15, 0.2) is 30.6 Å². The smallest absolute Gasteiger partial charge is 0.131 e. The first-order valence-corrected chi connectivity index (χ1v) is 4.88. The van der Waals surface area contributed by atoms with Crippen LogP contribution in [0.5, 0.6) is 0 Å². The summed E-state index contributed by atoms with van der Waals surface area (Å²) in [5, 5.41) is 0.569. The van der Waals surface area contributed by atoms with Crippen LogP contribution in [0.1, 0.15) is 5.69 Å². The standard InChI is InChI=1S/C11H10ClN3/c1-7-2-3-8(5-14-7)10-4-9(12)6-15-11(10)13/h2-6H,1H3,(H2,13,15). The van der Waals surface area contributed by atoms with E-state index in [0.29, 0.717) is 10.8 Å². The van der Waals surface area contributed by atoms with Crippen LogP contribution < -0.4 is 5.73 Å². The van der Waals surface area contributed by atoms with E-state index in [1.165, 1.54) is 6.20 Å². The van der Waals surface area contributed by atoms with E-state index in [-0.39, 0.29) is 0 Å². The van der Waals surface area contributed by atoms with Crippen molar-refractivity contribution in [3.63, 3.8) is 0 Å².